The molecule has 3 amide bonds. The summed E-state index contributed by atoms with van der Waals surface area (Å²) in [6.45, 7) is 0.391. The number of nitrogens with one attached hydrogen (secondary N) is 1. The quantitative estimate of drug-likeness (QED) is 0.217. The van der Waals surface area contributed by atoms with E-state index in [1.165, 1.54) is 16.9 Å². The fourth-order valence-corrected chi connectivity index (χ4v) is 8.58. The summed E-state index contributed by atoms with van der Waals surface area (Å²) in [7, 11) is 1.50. The van der Waals surface area contributed by atoms with Gasteiger partial charge in [0.05, 0.1) is 29.3 Å². The number of allylic oxidation sites excluding steroid dienone is 1. The summed E-state index contributed by atoms with van der Waals surface area (Å²) < 4.78 is 19.0. The molecule has 1 spiro atoms. The van der Waals surface area contributed by atoms with Crippen LogP contribution in [-0.4, -0.2) is 90.9 Å². The van der Waals surface area contributed by atoms with E-state index in [2.05, 4.69) is 21.2 Å². The van der Waals surface area contributed by atoms with Crippen molar-refractivity contribution in [2.24, 2.45) is 11.8 Å². The molecule has 50 heavy (non-hydrogen) atoms. The minimum atomic E-state index is -1.47. The second kappa shape index (κ2) is 15.8. The molecule has 0 unspecified atom stereocenters. The Bertz CT molecular complexity index is 1660. The first kappa shape index (κ1) is 36.2. The number of hydrogen-bond donors (Lipinski definition) is 2. The molecule has 13 heteroatoms. The zero-order valence-corrected chi connectivity index (χ0v) is 30.1. The van der Waals surface area contributed by atoms with Gasteiger partial charge in [-0.25, -0.2) is 0 Å². The number of nitrogens with zero attached hydrogens (tertiary/aromatic N) is 2. The largest absolute Gasteiger partial charge is 0.455 e. The predicted molar refractivity (Wildman–Crippen MR) is 189 cm³/mol. The van der Waals surface area contributed by atoms with Crippen molar-refractivity contribution in [2.75, 3.05) is 38.3 Å². The highest BCUT2D eigenvalue weighted by molar-refractivity contribution is 9.11. The number of unbranched alkanes of at least 4 members (excludes halogenated alkanes) is 2. The van der Waals surface area contributed by atoms with Gasteiger partial charge in [-0.2, -0.15) is 0 Å². The van der Waals surface area contributed by atoms with Gasteiger partial charge < -0.3 is 34.4 Å². The van der Waals surface area contributed by atoms with Gasteiger partial charge in [0.25, 0.3) is 5.91 Å². The van der Waals surface area contributed by atoms with Crippen LogP contribution in [-0.2, 0) is 33.4 Å². The lowest BCUT2D eigenvalue weighted by molar-refractivity contribution is -0.162. The van der Waals surface area contributed by atoms with E-state index >= 15 is 0 Å². The molecule has 2 aromatic carbocycles. The Hall–Kier alpha value is -3.55. The Morgan fingerprint density at radius 3 is 2.50 bits per heavy atom. The van der Waals surface area contributed by atoms with Crippen molar-refractivity contribution in [2.45, 2.75) is 62.0 Å². The van der Waals surface area contributed by atoms with Crippen LogP contribution in [0.4, 0.5) is 5.69 Å². The molecule has 6 rings (SSSR count). The highest BCUT2D eigenvalue weighted by Crippen LogP contribution is 2.59. The van der Waals surface area contributed by atoms with Crippen molar-refractivity contribution in [3.63, 3.8) is 0 Å². The molecule has 0 saturated carbocycles. The van der Waals surface area contributed by atoms with Gasteiger partial charge in [-0.3, -0.25) is 19.2 Å². The molecule has 2 N–H and O–H groups in total. The topological polar surface area (TPSA) is 135 Å². The second-order valence-electron chi connectivity index (χ2n) is 13.0. The van der Waals surface area contributed by atoms with Crippen molar-refractivity contribution in [3.8, 4) is 0 Å². The minimum Gasteiger partial charge on any atom is -0.455 e. The van der Waals surface area contributed by atoms with E-state index in [4.69, 9.17) is 25.8 Å². The fourth-order valence-electron chi connectivity index (χ4n) is 7.61. The van der Waals surface area contributed by atoms with Gasteiger partial charge in [0.1, 0.15) is 29.8 Å². The zero-order chi connectivity index (χ0) is 35.4. The van der Waals surface area contributed by atoms with Crippen molar-refractivity contribution < 1.29 is 38.5 Å². The van der Waals surface area contributed by atoms with Gasteiger partial charge in [0, 0.05) is 37.7 Å². The van der Waals surface area contributed by atoms with E-state index in [0.29, 0.717) is 46.4 Å². The summed E-state index contributed by atoms with van der Waals surface area (Å²) in [5.41, 5.74) is -0.384. The molecule has 0 aromatic heterocycles. The number of aliphatic hydroxyl groups excluding tert-OH is 1. The molecule has 4 heterocycles. The summed E-state index contributed by atoms with van der Waals surface area (Å²) in [6.07, 6.45) is 5.80. The number of fused-ring (bicyclic) bond motifs is 2. The van der Waals surface area contributed by atoms with Gasteiger partial charge in [-0.1, -0.05) is 82.1 Å². The van der Waals surface area contributed by atoms with E-state index in [-0.39, 0.29) is 44.5 Å². The maximum absolute atomic E-state index is 15.0. The monoisotopic (exact) mass is 769 g/mol. The number of ether oxygens (including phenoxy) is 3. The maximum Gasteiger partial charge on any atom is 0.313 e. The number of likely N-dealkylation sites (tertiary alicyclic amines) is 1. The zero-order valence-electron chi connectivity index (χ0n) is 27.7. The lowest BCUT2D eigenvalue weighted by atomic mass is 9.74. The first-order chi connectivity index (χ1) is 24.2. The summed E-state index contributed by atoms with van der Waals surface area (Å²) in [5.74, 6) is -3.91. The van der Waals surface area contributed by atoms with E-state index in [9.17, 15) is 24.3 Å². The van der Waals surface area contributed by atoms with E-state index in [0.717, 1.165) is 0 Å². The first-order valence-corrected chi connectivity index (χ1v) is 18.1. The number of aliphatic hydroxyl groups is 1. The smallest absolute Gasteiger partial charge is 0.313 e. The maximum atomic E-state index is 15.0. The van der Waals surface area contributed by atoms with E-state index in [1.807, 2.05) is 24.3 Å². The lowest BCUT2D eigenvalue weighted by Gasteiger charge is -2.36. The third kappa shape index (κ3) is 6.88. The van der Waals surface area contributed by atoms with Crippen LogP contribution in [0.3, 0.4) is 0 Å². The fraction of sp³-hybridized carbons (Fsp3) is 0.459. The molecule has 2 fully saturated rings. The van der Waals surface area contributed by atoms with Crippen LogP contribution in [0.25, 0.3) is 0 Å². The Labute approximate surface area is 304 Å². The number of cyclic esters (lactones) is 1. The van der Waals surface area contributed by atoms with Crippen LogP contribution < -0.4 is 10.2 Å². The van der Waals surface area contributed by atoms with E-state index < -0.39 is 53.6 Å². The molecule has 5 bridgehead atoms. The molecule has 11 nitrogen and oxygen atoms in total. The average Bonchev–Trinajstić information content (AvgIpc) is 3.70. The van der Waals surface area contributed by atoms with Crippen LogP contribution >= 0.6 is 27.5 Å². The highest BCUT2D eigenvalue weighted by atomic mass is 79.9. The Kier molecular flexibility index (Phi) is 11.4. The molecular weight excluding hydrogens is 730 g/mol. The Balaban J connectivity index is 1.47. The number of anilines is 1. The molecular formula is C37H41BrClN3O8. The van der Waals surface area contributed by atoms with Gasteiger partial charge in [0.2, 0.25) is 11.8 Å². The third-order valence-corrected chi connectivity index (χ3v) is 10.8. The number of rotatable bonds is 9. The van der Waals surface area contributed by atoms with Gasteiger partial charge in [0.15, 0.2) is 0 Å². The molecule has 0 radical (unpaired) electrons. The van der Waals surface area contributed by atoms with Crippen molar-refractivity contribution in [3.05, 3.63) is 87.9 Å². The molecule has 4 aliphatic heterocycles. The number of para-hydroxylation sites is 1. The average molecular weight is 771 g/mol. The number of hydrogen-bond acceptors (Lipinski definition) is 8. The number of benzene rings is 2. The van der Waals surface area contributed by atoms with Crippen LogP contribution in [0.5, 0.6) is 0 Å². The standard InChI is InChI=1S/C37H41BrClN3O8/c1-48-22-26-31(23-13-5-2-6-14-23)49-36(47)29-30-34(45)42(19-11-4-12-20-43)33(37(30)21-24(38)32(29)50-37)35(46)41(27-16-9-8-15-25(27)39)18-10-3-7-17-28(44)40-26/h2-3,5-6,8-10,13-16,21,26,29-33,43H,4,7,11-12,17-20,22H2,1H3,(H,40,44)/b10-3-/t26-,29+,30-,31-,32+,33+,37-/m0/s1. The van der Waals surface area contributed by atoms with Crippen LogP contribution in [0, 0.1) is 11.8 Å². The number of methoxy groups -OCH3 is 1. The van der Waals surface area contributed by atoms with Crippen LogP contribution in [0.2, 0.25) is 5.02 Å². The number of carbonyl (C=O) groups is 4. The Morgan fingerprint density at radius 1 is 1.00 bits per heavy atom. The van der Waals surface area contributed by atoms with Gasteiger partial charge in [-0.15, -0.1) is 0 Å². The summed E-state index contributed by atoms with van der Waals surface area (Å²) in [4.78, 5) is 60.4. The lowest BCUT2D eigenvalue weighted by Crippen LogP contribution is -2.56. The summed E-state index contributed by atoms with van der Waals surface area (Å²) in [6, 6.07) is 14.2. The summed E-state index contributed by atoms with van der Waals surface area (Å²) in [5, 5.41) is 12.7. The number of carbonyl (C=O) groups excluding carboxylic acids is 4. The molecule has 2 saturated heterocycles. The number of amides is 3. The molecule has 266 valence electrons. The van der Waals surface area contributed by atoms with Crippen LogP contribution in [0.15, 0.2) is 77.3 Å². The normalized spacial score (nSPS) is 30.6. The van der Waals surface area contributed by atoms with Crippen molar-refractivity contribution in [1.82, 2.24) is 10.2 Å². The first-order valence-electron chi connectivity index (χ1n) is 16.9. The van der Waals surface area contributed by atoms with Crippen molar-refractivity contribution in [1.29, 1.82) is 0 Å². The van der Waals surface area contributed by atoms with Gasteiger partial charge in [-0.05, 0) is 49.5 Å². The predicted octanol–water partition coefficient (Wildman–Crippen LogP) is 4.47. The Morgan fingerprint density at radius 2 is 1.76 bits per heavy atom. The third-order valence-electron chi connectivity index (χ3n) is 9.82. The molecule has 2 aromatic rings. The molecule has 4 aliphatic rings. The number of halogens is 2. The minimum absolute atomic E-state index is 0.0109. The van der Waals surface area contributed by atoms with Crippen molar-refractivity contribution >= 4 is 56.9 Å². The SMILES string of the molecule is COC[C@@H]1NC(=O)CC/C=C\CN(c2ccccc2Cl)C(=O)[C@H]2N(CCCCCO)C(=O)[C@@H]3[C@@H](C(=O)O[C@H]1c1ccccc1)[C@@H]1O[C@@]32C=C1Br. The molecule has 7 atom stereocenters. The summed E-state index contributed by atoms with van der Waals surface area (Å²) >= 11 is 10.3. The van der Waals surface area contributed by atoms with E-state index in [1.54, 1.807) is 48.6 Å². The molecule has 0 aliphatic carbocycles. The highest BCUT2D eigenvalue weighted by Gasteiger charge is 2.75. The van der Waals surface area contributed by atoms with Gasteiger partial charge >= 0.3 is 5.97 Å². The van der Waals surface area contributed by atoms with Crippen LogP contribution in [0.1, 0.15) is 43.8 Å². The number of esters is 1. The second-order valence-corrected chi connectivity index (χ2v) is 14.3.